The number of hydrogen-bond acceptors (Lipinski definition) is 4. The second kappa shape index (κ2) is 6.98. The van der Waals surface area contributed by atoms with Crippen molar-refractivity contribution in [3.63, 3.8) is 0 Å². The average molecular weight is 274 g/mol. The van der Waals surface area contributed by atoms with Gasteiger partial charge in [0.05, 0.1) is 12.4 Å². The van der Waals surface area contributed by atoms with Crippen molar-refractivity contribution in [3.05, 3.63) is 42.5 Å². The molecule has 0 spiro atoms. The summed E-state index contributed by atoms with van der Waals surface area (Å²) in [7, 11) is 0. The lowest BCUT2D eigenvalue weighted by Crippen LogP contribution is -2.18. The molecule has 2 rings (SSSR count). The summed E-state index contributed by atoms with van der Waals surface area (Å²) in [5, 5.41) is 3.40. The van der Waals surface area contributed by atoms with E-state index in [4.69, 9.17) is 9.15 Å². The minimum Gasteiger partial charge on any atom is -0.487 e. The number of furan rings is 1. The SMILES string of the molecule is CC(CCc1ccco1)Nc1ncccc1OC(C)C. The maximum Gasteiger partial charge on any atom is 0.168 e. The third-order valence-electron chi connectivity index (χ3n) is 2.92. The Morgan fingerprint density at radius 1 is 1.25 bits per heavy atom. The number of pyridine rings is 1. The number of aryl methyl sites for hydroxylation is 1. The Labute approximate surface area is 120 Å². The molecule has 1 atom stereocenters. The van der Waals surface area contributed by atoms with Crippen LogP contribution in [0.15, 0.2) is 41.1 Å². The van der Waals surface area contributed by atoms with Crippen molar-refractivity contribution in [1.82, 2.24) is 4.98 Å². The molecule has 0 saturated heterocycles. The third-order valence-corrected chi connectivity index (χ3v) is 2.92. The summed E-state index contributed by atoms with van der Waals surface area (Å²) < 4.78 is 11.1. The Balaban J connectivity index is 1.91. The zero-order chi connectivity index (χ0) is 14.4. The summed E-state index contributed by atoms with van der Waals surface area (Å²) in [6, 6.07) is 8.04. The van der Waals surface area contributed by atoms with Crippen molar-refractivity contribution < 1.29 is 9.15 Å². The molecule has 0 aliphatic rings. The van der Waals surface area contributed by atoms with E-state index in [2.05, 4.69) is 17.2 Å². The van der Waals surface area contributed by atoms with E-state index in [0.29, 0.717) is 6.04 Å². The van der Waals surface area contributed by atoms with Crippen LogP contribution in [-0.2, 0) is 6.42 Å². The van der Waals surface area contributed by atoms with Gasteiger partial charge in [0.25, 0.3) is 0 Å². The highest BCUT2D eigenvalue weighted by Crippen LogP contribution is 2.23. The van der Waals surface area contributed by atoms with Gasteiger partial charge in [0.2, 0.25) is 0 Å². The molecular formula is C16H22N2O2. The topological polar surface area (TPSA) is 47.3 Å². The highest BCUT2D eigenvalue weighted by atomic mass is 16.5. The molecule has 1 N–H and O–H groups in total. The molecule has 2 aromatic heterocycles. The van der Waals surface area contributed by atoms with Crippen molar-refractivity contribution in [2.45, 2.75) is 45.8 Å². The molecule has 4 nitrogen and oxygen atoms in total. The van der Waals surface area contributed by atoms with E-state index in [0.717, 1.165) is 30.2 Å². The van der Waals surface area contributed by atoms with E-state index in [1.165, 1.54) is 0 Å². The second-order valence-electron chi connectivity index (χ2n) is 5.18. The first-order valence-corrected chi connectivity index (χ1v) is 7.05. The smallest absolute Gasteiger partial charge is 0.168 e. The van der Waals surface area contributed by atoms with Crippen LogP contribution in [-0.4, -0.2) is 17.1 Å². The molecule has 0 bridgehead atoms. The zero-order valence-corrected chi connectivity index (χ0v) is 12.3. The fraction of sp³-hybridized carbons (Fsp3) is 0.438. The third kappa shape index (κ3) is 4.30. The first-order chi connectivity index (χ1) is 9.65. The molecule has 0 radical (unpaired) electrons. The van der Waals surface area contributed by atoms with E-state index < -0.39 is 0 Å². The minimum atomic E-state index is 0.137. The van der Waals surface area contributed by atoms with Crippen LogP contribution in [0.25, 0.3) is 0 Å². The maximum absolute atomic E-state index is 5.75. The van der Waals surface area contributed by atoms with Crippen LogP contribution in [0.5, 0.6) is 5.75 Å². The Morgan fingerprint density at radius 2 is 2.10 bits per heavy atom. The van der Waals surface area contributed by atoms with Crippen molar-refractivity contribution in [1.29, 1.82) is 0 Å². The fourth-order valence-electron chi connectivity index (χ4n) is 1.97. The maximum atomic E-state index is 5.75. The van der Waals surface area contributed by atoms with Gasteiger partial charge in [-0.05, 0) is 51.5 Å². The zero-order valence-electron chi connectivity index (χ0n) is 12.3. The number of nitrogens with one attached hydrogen (secondary N) is 1. The molecule has 2 aromatic rings. The highest BCUT2D eigenvalue weighted by molar-refractivity contribution is 5.50. The summed E-state index contributed by atoms with van der Waals surface area (Å²) in [6.45, 7) is 6.16. The largest absolute Gasteiger partial charge is 0.487 e. The molecule has 20 heavy (non-hydrogen) atoms. The molecule has 0 aliphatic carbocycles. The molecule has 108 valence electrons. The van der Waals surface area contributed by atoms with Gasteiger partial charge in [-0.3, -0.25) is 0 Å². The van der Waals surface area contributed by atoms with Gasteiger partial charge in [0, 0.05) is 18.7 Å². The molecule has 0 amide bonds. The van der Waals surface area contributed by atoms with E-state index in [-0.39, 0.29) is 6.10 Å². The van der Waals surface area contributed by atoms with E-state index in [9.17, 15) is 0 Å². The lowest BCUT2D eigenvalue weighted by atomic mass is 10.1. The Bertz CT molecular complexity index is 509. The summed E-state index contributed by atoms with van der Waals surface area (Å²) in [6.07, 6.45) is 5.51. The number of aromatic nitrogens is 1. The van der Waals surface area contributed by atoms with Gasteiger partial charge in [-0.2, -0.15) is 0 Å². The monoisotopic (exact) mass is 274 g/mol. The number of rotatable bonds is 7. The normalized spacial score (nSPS) is 12.4. The summed E-state index contributed by atoms with van der Waals surface area (Å²) in [5.74, 6) is 2.61. The Morgan fingerprint density at radius 3 is 2.80 bits per heavy atom. The lowest BCUT2D eigenvalue weighted by Gasteiger charge is -2.18. The molecule has 0 saturated carbocycles. The summed E-state index contributed by atoms with van der Waals surface area (Å²) in [4.78, 5) is 4.36. The van der Waals surface area contributed by atoms with E-state index >= 15 is 0 Å². The van der Waals surface area contributed by atoms with E-state index in [1.807, 2.05) is 38.1 Å². The molecular weight excluding hydrogens is 252 g/mol. The van der Waals surface area contributed by atoms with Crippen LogP contribution in [0.4, 0.5) is 5.82 Å². The van der Waals surface area contributed by atoms with Crippen LogP contribution in [0, 0.1) is 0 Å². The molecule has 0 fully saturated rings. The van der Waals surface area contributed by atoms with Gasteiger partial charge < -0.3 is 14.5 Å². The fourth-order valence-corrected chi connectivity index (χ4v) is 1.97. The molecule has 0 aliphatic heterocycles. The minimum absolute atomic E-state index is 0.137. The summed E-state index contributed by atoms with van der Waals surface area (Å²) in [5.41, 5.74) is 0. The van der Waals surface area contributed by atoms with Crippen LogP contribution >= 0.6 is 0 Å². The predicted molar refractivity (Wildman–Crippen MR) is 80.1 cm³/mol. The number of hydrogen-bond donors (Lipinski definition) is 1. The van der Waals surface area contributed by atoms with Crippen molar-refractivity contribution in [2.24, 2.45) is 0 Å². The van der Waals surface area contributed by atoms with Gasteiger partial charge in [-0.1, -0.05) is 0 Å². The number of ether oxygens (including phenoxy) is 1. The predicted octanol–water partition coefficient (Wildman–Crippen LogP) is 3.90. The molecule has 4 heteroatoms. The van der Waals surface area contributed by atoms with Gasteiger partial charge in [0.15, 0.2) is 11.6 Å². The van der Waals surface area contributed by atoms with E-state index in [1.54, 1.807) is 12.5 Å². The first kappa shape index (κ1) is 14.4. The average Bonchev–Trinajstić information content (AvgIpc) is 2.91. The quantitative estimate of drug-likeness (QED) is 0.832. The lowest BCUT2D eigenvalue weighted by molar-refractivity contribution is 0.242. The van der Waals surface area contributed by atoms with Crippen LogP contribution in [0.1, 0.15) is 33.0 Å². The molecule has 1 unspecified atom stereocenters. The highest BCUT2D eigenvalue weighted by Gasteiger charge is 2.10. The first-order valence-electron chi connectivity index (χ1n) is 7.05. The van der Waals surface area contributed by atoms with Crippen molar-refractivity contribution in [2.75, 3.05) is 5.32 Å². The van der Waals surface area contributed by atoms with Crippen molar-refractivity contribution >= 4 is 5.82 Å². The summed E-state index contributed by atoms with van der Waals surface area (Å²) >= 11 is 0. The van der Waals surface area contributed by atoms with Gasteiger partial charge in [0.1, 0.15) is 5.76 Å². The number of nitrogens with zero attached hydrogens (tertiary/aromatic N) is 1. The number of anilines is 1. The van der Waals surface area contributed by atoms with Gasteiger partial charge >= 0.3 is 0 Å². The second-order valence-corrected chi connectivity index (χ2v) is 5.18. The standard InChI is InChI=1S/C16H22N2O2/c1-12(2)20-15-7-4-10-17-16(15)18-13(3)8-9-14-6-5-11-19-14/h4-7,10-13H,8-9H2,1-3H3,(H,17,18). The Hall–Kier alpha value is -1.97. The van der Waals surface area contributed by atoms with Gasteiger partial charge in [-0.15, -0.1) is 0 Å². The van der Waals surface area contributed by atoms with Gasteiger partial charge in [-0.25, -0.2) is 4.98 Å². The van der Waals surface area contributed by atoms with Crippen molar-refractivity contribution in [3.8, 4) is 5.75 Å². The van der Waals surface area contributed by atoms with Crippen LogP contribution in [0.2, 0.25) is 0 Å². The Kier molecular flexibility index (Phi) is 5.04. The van der Waals surface area contributed by atoms with Crippen LogP contribution in [0.3, 0.4) is 0 Å². The molecule has 0 aromatic carbocycles. The molecule has 2 heterocycles. The van der Waals surface area contributed by atoms with Crippen LogP contribution < -0.4 is 10.1 Å².